The zero-order chi connectivity index (χ0) is 20.3. The van der Waals surface area contributed by atoms with Crippen molar-refractivity contribution in [3.8, 4) is 5.75 Å². The van der Waals surface area contributed by atoms with Gasteiger partial charge in [-0.3, -0.25) is 4.31 Å². The highest BCUT2D eigenvalue weighted by Gasteiger charge is 2.33. The van der Waals surface area contributed by atoms with Gasteiger partial charge >= 0.3 is 0 Å². The van der Waals surface area contributed by atoms with Crippen molar-refractivity contribution in [2.45, 2.75) is 17.9 Å². The maximum absolute atomic E-state index is 14.3. The fourth-order valence-electron chi connectivity index (χ4n) is 3.08. The molecule has 0 saturated carbocycles. The van der Waals surface area contributed by atoms with E-state index in [1.807, 2.05) is 0 Å². The molecule has 0 bridgehead atoms. The minimum absolute atomic E-state index is 0.0849. The van der Waals surface area contributed by atoms with Gasteiger partial charge in [-0.1, -0.05) is 36.4 Å². The van der Waals surface area contributed by atoms with E-state index in [9.17, 15) is 17.2 Å². The lowest BCUT2D eigenvalue weighted by Crippen LogP contribution is -2.34. The molecule has 0 heterocycles. The Labute approximate surface area is 163 Å². The third-order valence-electron chi connectivity index (χ3n) is 4.38. The number of rotatable bonds is 6. The fraction of sp³-hybridized carbons (Fsp3) is 0.143. The van der Waals surface area contributed by atoms with E-state index in [0.717, 1.165) is 16.4 Å². The van der Waals surface area contributed by atoms with E-state index in [1.54, 1.807) is 31.2 Å². The minimum atomic E-state index is -4.34. The molecule has 1 atom stereocenters. The molecular formula is C21H19F2NO3S. The second kappa shape index (κ2) is 7.98. The van der Waals surface area contributed by atoms with Crippen LogP contribution in [0.5, 0.6) is 5.75 Å². The number of hydrogen-bond acceptors (Lipinski definition) is 3. The monoisotopic (exact) mass is 403 g/mol. The lowest BCUT2D eigenvalue weighted by molar-refractivity contribution is 0.407. The number of ether oxygens (including phenoxy) is 1. The predicted octanol–water partition coefficient (Wildman–Crippen LogP) is 4.93. The first kappa shape index (κ1) is 19.8. The van der Waals surface area contributed by atoms with Gasteiger partial charge in [0.2, 0.25) is 0 Å². The Morgan fingerprint density at radius 1 is 0.929 bits per heavy atom. The van der Waals surface area contributed by atoms with Crippen molar-refractivity contribution in [1.29, 1.82) is 0 Å². The molecular weight excluding hydrogens is 384 g/mol. The summed E-state index contributed by atoms with van der Waals surface area (Å²) in [6.45, 7) is 1.64. The average molecular weight is 403 g/mol. The van der Waals surface area contributed by atoms with Crippen molar-refractivity contribution in [1.82, 2.24) is 0 Å². The molecule has 0 saturated heterocycles. The van der Waals surface area contributed by atoms with Gasteiger partial charge in [0.1, 0.15) is 22.3 Å². The number of benzene rings is 3. The van der Waals surface area contributed by atoms with Gasteiger partial charge in [-0.25, -0.2) is 17.2 Å². The van der Waals surface area contributed by atoms with E-state index in [1.165, 1.54) is 43.5 Å². The van der Waals surface area contributed by atoms with Crippen LogP contribution in [0, 0.1) is 11.6 Å². The summed E-state index contributed by atoms with van der Waals surface area (Å²) < 4.78 is 61.4. The Morgan fingerprint density at radius 3 is 2.29 bits per heavy atom. The van der Waals surface area contributed by atoms with Crippen LogP contribution in [0.4, 0.5) is 14.5 Å². The molecule has 0 aliphatic rings. The molecule has 4 nitrogen and oxygen atoms in total. The normalized spacial score (nSPS) is 12.4. The maximum atomic E-state index is 14.3. The summed E-state index contributed by atoms with van der Waals surface area (Å²) in [5.41, 5.74) is 0.649. The quantitative estimate of drug-likeness (QED) is 0.586. The fourth-order valence-corrected chi connectivity index (χ4v) is 4.78. The third kappa shape index (κ3) is 3.71. The maximum Gasteiger partial charge on any atom is 0.267 e. The number of nitrogens with zero attached hydrogens (tertiary/aromatic N) is 1. The second-order valence-corrected chi connectivity index (χ2v) is 7.91. The molecule has 3 rings (SSSR count). The van der Waals surface area contributed by atoms with Crippen LogP contribution in [0.2, 0.25) is 0 Å². The number of hydrogen-bond donors (Lipinski definition) is 0. The first-order valence-electron chi connectivity index (χ1n) is 8.53. The first-order valence-corrected chi connectivity index (χ1v) is 9.97. The smallest absolute Gasteiger partial charge is 0.267 e. The van der Waals surface area contributed by atoms with E-state index >= 15 is 0 Å². The first-order chi connectivity index (χ1) is 13.4. The van der Waals surface area contributed by atoms with Gasteiger partial charge in [-0.05, 0) is 43.3 Å². The Kier molecular flexibility index (Phi) is 5.65. The van der Waals surface area contributed by atoms with Gasteiger partial charge in [-0.2, -0.15) is 0 Å². The average Bonchev–Trinajstić information content (AvgIpc) is 2.68. The molecule has 28 heavy (non-hydrogen) atoms. The van der Waals surface area contributed by atoms with E-state index in [0.29, 0.717) is 11.3 Å². The third-order valence-corrected chi connectivity index (χ3v) is 6.31. The van der Waals surface area contributed by atoms with Gasteiger partial charge in [0, 0.05) is 5.56 Å². The highest BCUT2D eigenvalue weighted by molar-refractivity contribution is 7.92. The summed E-state index contributed by atoms with van der Waals surface area (Å²) in [5, 5.41) is 0. The Bertz CT molecular complexity index is 1090. The number of methoxy groups -OCH3 is 1. The molecule has 0 amide bonds. The van der Waals surface area contributed by atoms with Crippen LogP contribution in [0.1, 0.15) is 18.5 Å². The van der Waals surface area contributed by atoms with E-state index in [4.69, 9.17) is 4.74 Å². The zero-order valence-corrected chi connectivity index (χ0v) is 16.2. The lowest BCUT2D eigenvalue weighted by atomic mass is 10.1. The Morgan fingerprint density at radius 2 is 1.61 bits per heavy atom. The van der Waals surface area contributed by atoms with Crippen LogP contribution < -0.4 is 9.04 Å². The largest absolute Gasteiger partial charge is 0.496 e. The molecule has 3 aromatic rings. The number of halogens is 2. The van der Waals surface area contributed by atoms with Crippen molar-refractivity contribution in [2.75, 3.05) is 11.4 Å². The topological polar surface area (TPSA) is 46.6 Å². The van der Waals surface area contributed by atoms with Gasteiger partial charge in [-0.15, -0.1) is 0 Å². The molecule has 0 radical (unpaired) electrons. The van der Waals surface area contributed by atoms with Crippen molar-refractivity contribution in [3.63, 3.8) is 0 Å². The van der Waals surface area contributed by atoms with E-state index in [2.05, 4.69) is 0 Å². The standard InChI is InChI=1S/C21H19F2NO3S/c1-15(18-10-3-5-12-20(18)27-2)24(17-9-7-8-16(22)14-17)28(25,26)21-13-6-4-11-19(21)23/h3-15H,1-2H3. The van der Waals surface area contributed by atoms with Crippen molar-refractivity contribution in [3.05, 3.63) is 90.0 Å². The molecule has 7 heteroatoms. The summed E-state index contributed by atoms with van der Waals surface area (Å²) in [5.74, 6) is -1.00. The summed E-state index contributed by atoms with van der Waals surface area (Å²) in [7, 11) is -2.86. The molecule has 0 fully saturated rings. The molecule has 0 aromatic heterocycles. The van der Waals surface area contributed by atoms with Gasteiger partial charge in [0.05, 0.1) is 18.8 Å². The molecule has 0 spiro atoms. The van der Waals surface area contributed by atoms with Crippen LogP contribution >= 0.6 is 0 Å². The van der Waals surface area contributed by atoms with Gasteiger partial charge < -0.3 is 4.74 Å². The number of para-hydroxylation sites is 1. The minimum Gasteiger partial charge on any atom is -0.496 e. The van der Waals surface area contributed by atoms with Crippen molar-refractivity contribution < 1.29 is 21.9 Å². The van der Waals surface area contributed by atoms with Gasteiger partial charge in [0.15, 0.2) is 0 Å². The molecule has 3 aromatic carbocycles. The summed E-state index contributed by atoms with van der Waals surface area (Å²) in [6, 6.07) is 16.4. The second-order valence-electron chi connectivity index (χ2n) is 6.13. The highest BCUT2D eigenvalue weighted by atomic mass is 32.2. The van der Waals surface area contributed by atoms with Crippen LogP contribution in [0.3, 0.4) is 0 Å². The SMILES string of the molecule is COc1ccccc1C(C)N(c1cccc(F)c1)S(=O)(=O)c1ccccc1F. The molecule has 0 aliphatic carbocycles. The number of sulfonamides is 1. The van der Waals surface area contributed by atoms with Crippen molar-refractivity contribution in [2.24, 2.45) is 0 Å². The summed E-state index contributed by atoms with van der Waals surface area (Å²) in [4.78, 5) is -0.485. The van der Waals surface area contributed by atoms with E-state index in [-0.39, 0.29) is 5.69 Å². The Hall–Kier alpha value is -2.93. The van der Waals surface area contributed by atoms with E-state index < -0.39 is 32.6 Å². The molecule has 146 valence electrons. The molecule has 1 unspecified atom stereocenters. The summed E-state index contributed by atoms with van der Waals surface area (Å²) in [6.07, 6.45) is 0. The van der Waals surface area contributed by atoms with Crippen LogP contribution in [0.25, 0.3) is 0 Å². The Balaban J connectivity index is 2.23. The summed E-state index contributed by atoms with van der Waals surface area (Å²) >= 11 is 0. The lowest BCUT2D eigenvalue weighted by Gasteiger charge is -2.31. The molecule has 0 aliphatic heterocycles. The van der Waals surface area contributed by atoms with Crippen molar-refractivity contribution >= 4 is 15.7 Å². The van der Waals surface area contributed by atoms with Crippen LogP contribution in [0.15, 0.2) is 77.7 Å². The molecule has 0 N–H and O–H groups in total. The predicted molar refractivity (Wildman–Crippen MR) is 104 cm³/mol. The number of anilines is 1. The van der Waals surface area contributed by atoms with Crippen LogP contribution in [-0.2, 0) is 10.0 Å². The van der Waals surface area contributed by atoms with Crippen LogP contribution in [-0.4, -0.2) is 15.5 Å². The zero-order valence-electron chi connectivity index (χ0n) is 15.3. The highest BCUT2D eigenvalue weighted by Crippen LogP contribution is 2.37. The van der Waals surface area contributed by atoms with Gasteiger partial charge in [0.25, 0.3) is 10.0 Å².